The number of halogens is 3. The van der Waals surface area contributed by atoms with Crippen LogP contribution in [0.5, 0.6) is 0 Å². The van der Waals surface area contributed by atoms with Crippen LogP contribution < -0.4 is 16.1 Å². The molecule has 0 aliphatic rings. The Morgan fingerprint density at radius 1 is 1.12 bits per heavy atom. The Balaban J connectivity index is 1.95. The molecule has 0 amide bonds. The van der Waals surface area contributed by atoms with E-state index in [4.69, 9.17) is 5.11 Å². The number of hydrogen-bond donors (Lipinski definition) is 3. The van der Waals surface area contributed by atoms with Gasteiger partial charge in [0.1, 0.15) is 6.33 Å². The van der Waals surface area contributed by atoms with Crippen LogP contribution in [0, 0.1) is 0 Å². The van der Waals surface area contributed by atoms with E-state index >= 15 is 0 Å². The van der Waals surface area contributed by atoms with Gasteiger partial charge in [0.05, 0.1) is 27.0 Å². The highest BCUT2D eigenvalue weighted by atomic mass is 32.2. The second-order valence-electron chi connectivity index (χ2n) is 6.86. The minimum Gasteiger partial charge on any atom is -0.476 e. The van der Waals surface area contributed by atoms with Crippen molar-refractivity contribution in [2.75, 3.05) is 4.83 Å². The maximum atomic E-state index is 13.7. The summed E-state index contributed by atoms with van der Waals surface area (Å²) in [4.78, 5) is 43.5. The molecule has 2 aromatic carbocycles. The molecule has 2 heterocycles. The number of rotatable bonds is 5. The van der Waals surface area contributed by atoms with Gasteiger partial charge in [0, 0.05) is 6.20 Å². The summed E-state index contributed by atoms with van der Waals surface area (Å²) in [6.07, 6.45) is -3.35. The van der Waals surface area contributed by atoms with E-state index in [0.717, 1.165) is 23.2 Å². The molecule has 0 atom stereocenters. The summed E-state index contributed by atoms with van der Waals surface area (Å²) in [6, 6.07) is 8.00. The molecule has 0 aliphatic heterocycles. The number of hydrogen-bond acceptors (Lipinski definition) is 6. The number of aromatic nitrogens is 4. The van der Waals surface area contributed by atoms with Gasteiger partial charge in [-0.15, -0.1) is 0 Å². The number of carboxylic acids is 1. The molecule has 0 spiro atoms. The molecular formula is C19H12F3N5O6S. The summed E-state index contributed by atoms with van der Waals surface area (Å²) >= 11 is 0. The first-order valence-corrected chi connectivity index (χ1v) is 10.6. The van der Waals surface area contributed by atoms with Gasteiger partial charge in [0.25, 0.3) is 15.6 Å². The van der Waals surface area contributed by atoms with E-state index in [9.17, 15) is 36.0 Å². The third kappa shape index (κ3) is 4.03. The number of alkyl halides is 3. The molecule has 0 bridgehead atoms. The summed E-state index contributed by atoms with van der Waals surface area (Å²) in [6.45, 7) is 0. The van der Waals surface area contributed by atoms with Crippen molar-refractivity contribution in [2.24, 2.45) is 0 Å². The van der Waals surface area contributed by atoms with Gasteiger partial charge >= 0.3 is 17.8 Å². The quantitative estimate of drug-likeness (QED) is 0.379. The number of aromatic amines is 1. The van der Waals surface area contributed by atoms with Crippen molar-refractivity contribution in [3.8, 4) is 5.69 Å². The molecule has 34 heavy (non-hydrogen) atoms. The second kappa shape index (κ2) is 7.87. The van der Waals surface area contributed by atoms with Gasteiger partial charge in [-0.2, -0.15) is 26.3 Å². The van der Waals surface area contributed by atoms with Crippen molar-refractivity contribution in [3.63, 3.8) is 0 Å². The molecule has 4 aromatic rings. The van der Waals surface area contributed by atoms with Gasteiger partial charge in [-0.25, -0.2) is 19.4 Å². The average Bonchev–Trinajstić information content (AvgIpc) is 3.26. The largest absolute Gasteiger partial charge is 0.476 e. The Morgan fingerprint density at radius 3 is 2.38 bits per heavy atom. The van der Waals surface area contributed by atoms with E-state index in [1.54, 1.807) is 10.9 Å². The van der Waals surface area contributed by atoms with E-state index in [1.165, 1.54) is 24.3 Å². The topological polar surface area (TPSA) is 156 Å². The third-order valence-electron chi connectivity index (χ3n) is 4.66. The molecule has 3 N–H and O–H groups in total. The first-order chi connectivity index (χ1) is 15.9. The average molecular weight is 495 g/mol. The van der Waals surface area contributed by atoms with Crippen LogP contribution in [-0.4, -0.2) is 38.7 Å². The zero-order valence-corrected chi connectivity index (χ0v) is 17.4. The molecule has 176 valence electrons. The molecule has 2 aromatic heterocycles. The smallest absolute Gasteiger partial charge is 0.418 e. The van der Waals surface area contributed by atoms with Gasteiger partial charge in [-0.3, -0.25) is 4.79 Å². The standard InChI is InChI=1S/C19H12F3N5O6S/c20-19(21,22)12-7-13-11(6-15(12)26-8-14(17(29)30)23-9-26)16(28)27(18(31)24-13)25-34(32,33)10-4-2-1-3-5-10/h1-9,25H,(H,24,31)(H,29,30). The lowest BCUT2D eigenvalue weighted by atomic mass is 10.1. The summed E-state index contributed by atoms with van der Waals surface area (Å²) < 4.78 is 67.0. The molecule has 0 saturated heterocycles. The van der Waals surface area contributed by atoms with Crippen molar-refractivity contribution in [1.82, 2.24) is 19.2 Å². The number of sulfonamides is 1. The highest BCUT2D eigenvalue weighted by molar-refractivity contribution is 7.92. The summed E-state index contributed by atoms with van der Waals surface area (Å²) in [7, 11) is -4.39. The van der Waals surface area contributed by atoms with Gasteiger partial charge in [-0.1, -0.05) is 18.2 Å². The van der Waals surface area contributed by atoms with Gasteiger partial charge in [0.15, 0.2) is 5.69 Å². The Labute approximate surface area is 186 Å². The molecule has 0 aliphatic carbocycles. The molecule has 0 saturated carbocycles. The van der Waals surface area contributed by atoms with E-state index in [0.29, 0.717) is 6.07 Å². The Hall–Kier alpha value is -4.40. The van der Waals surface area contributed by atoms with Crippen molar-refractivity contribution >= 4 is 26.9 Å². The minimum atomic E-state index is -4.96. The van der Waals surface area contributed by atoms with Gasteiger partial charge in [-0.05, 0) is 24.3 Å². The number of nitrogens with one attached hydrogen (secondary N) is 2. The van der Waals surface area contributed by atoms with Crippen LogP contribution in [0.2, 0.25) is 0 Å². The van der Waals surface area contributed by atoms with E-state index in [2.05, 4.69) is 4.98 Å². The van der Waals surface area contributed by atoms with Crippen LogP contribution >= 0.6 is 0 Å². The number of carbonyl (C=O) groups is 1. The SMILES string of the molecule is O=C(O)c1cn(-c2cc3c(=O)n(NS(=O)(=O)c4ccccc4)c(=O)[nH]c3cc2C(F)(F)F)cn1. The highest BCUT2D eigenvalue weighted by Gasteiger charge is 2.35. The minimum absolute atomic E-state index is 0.109. The zero-order chi connectivity index (χ0) is 24.8. The van der Waals surface area contributed by atoms with E-state index in [-0.39, 0.29) is 9.57 Å². The molecular weight excluding hydrogens is 483 g/mol. The number of fused-ring (bicyclic) bond motifs is 1. The van der Waals surface area contributed by atoms with Crippen LogP contribution in [0.1, 0.15) is 16.1 Å². The summed E-state index contributed by atoms with van der Waals surface area (Å²) in [5, 5.41) is 8.52. The van der Waals surface area contributed by atoms with Crippen LogP contribution in [0.4, 0.5) is 13.2 Å². The second-order valence-corrected chi connectivity index (χ2v) is 8.52. The third-order valence-corrected chi connectivity index (χ3v) is 5.98. The van der Waals surface area contributed by atoms with Crippen LogP contribution in [0.3, 0.4) is 0 Å². The highest BCUT2D eigenvalue weighted by Crippen LogP contribution is 2.35. The summed E-state index contributed by atoms with van der Waals surface area (Å²) in [5.74, 6) is -1.49. The first kappa shape index (κ1) is 22.8. The lowest BCUT2D eigenvalue weighted by Gasteiger charge is -2.15. The van der Waals surface area contributed by atoms with Crippen molar-refractivity contribution in [3.05, 3.63) is 87.1 Å². The number of carboxylic acid groups (broad SMARTS) is 1. The molecule has 0 unspecified atom stereocenters. The molecule has 0 fully saturated rings. The predicted molar refractivity (Wildman–Crippen MR) is 111 cm³/mol. The molecule has 0 radical (unpaired) electrons. The number of aromatic carboxylic acids is 1. The van der Waals surface area contributed by atoms with E-state index < -0.39 is 61.3 Å². The summed E-state index contributed by atoms with van der Waals surface area (Å²) in [5.41, 5.74) is -5.61. The fraction of sp³-hybridized carbons (Fsp3) is 0.0526. The van der Waals surface area contributed by atoms with Crippen molar-refractivity contribution < 1.29 is 31.5 Å². The Bertz CT molecular complexity index is 1660. The zero-order valence-electron chi connectivity index (χ0n) is 16.6. The Morgan fingerprint density at radius 2 is 1.79 bits per heavy atom. The normalized spacial score (nSPS) is 12.1. The van der Waals surface area contributed by atoms with Gasteiger partial charge < -0.3 is 14.7 Å². The fourth-order valence-corrected chi connectivity index (χ4v) is 4.14. The maximum absolute atomic E-state index is 13.7. The van der Waals surface area contributed by atoms with Crippen LogP contribution in [0.25, 0.3) is 16.6 Å². The fourth-order valence-electron chi connectivity index (χ4n) is 3.11. The van der Waals surface area contributed by atoms with Crippen molar-refractivity contribution in [2.45, 2.75) is 11.1 Å². The maximum Gasteiger partial charge on any atom is 0.418 e. The Kier molecular flexibility index (Phi) is 5.28. The molecule has 4 rings (SSSR count). The first-order valence-electron chi connectivity index (χ1n) is 9.14. The lowest BCUT2D eigenvalue weighted by molar-refractivity contribution is -0.137. The molecule has 15 heteroatoms. The number of H-pyrrole nitrogens is 1. The predicted octanol–water partition coefficient (Wildman–Crippen LogP) is 1.52. The monoisotopic (exact) mass is 495 g/mol. The molecule has 11 nitrogen and oxygen atoms in total. The number of imidazole rings is 1. The van der Waals surface area contributed by atoms with Gasteiger partial charge in [0.2, 0.25) is 0 Å². The number of nitrogens with zero attached hydrogens (tertiary/aromatic N) is 3. The van der Waals surface area contributed by atoms with Crippen LogP contribution in [0.15, 0.2) is 69.5 Å². The van der Waals surface area contributed by atoms with Crippen molar-refractivity contribution in [1.29, 1.82) is 0 Å². The van der Waals surface area contributed by atoms with E-state index in [1.807, 2.05) is 4.98 Å². The lowest BCUT2D eigenvalue weighted by Crippen LogP contribution is -2.43. The number of benzene rings is 2. The van der Waals surface area contributed by atoms with Crippen LogP contribution in [-0.2, 0) is 16.2 Å².